The summed E-state index contributed by atoms with van der Waals surface area (Å²) in [5.74, 6) is 1.39. The summed E-state index contributed by atoms with van der Waals surface area (Å²) in [6.07, 6.45) is -2.64. The summed E-state index contributed by atoms with van der Waals surface area (Å²) in [5, 5.41) is 0. The van der Waals surface area contributed by atoms with Crippen LogP contribution in [0.25, 0.3) is 0 Å². The molecule has 5 heteroatoms. The van der Waals surface area contributed by atoms with Crippen LogP contribution in [-0.2, 0) is 0 Å². The van der Waals surface area contributed by atoms with E-state index >= 15 is 0 Å². The maximum absolute atomic E-state index is 12.4. The molecule has 0 spiro atoms. The summed E-state index contributed by atoms with van der Waals surface area (Å²) >= 11 is 0. The molecule has 3 atom stereocenters. The third-order valence-electron chi connectivity index (χ3n) is 4.24. The number of rotatable bonds is 5. The standard InChI is InChI=1S/C13H19F3N2/c1-8(17-3)9(2)18(5-4-13(14,15)16)12-7-10-6-11(10)12/h10-12H,3-7H2,1-2H3/b9-8-. The van der Waals surface area contributed by atoms with Crippen LogP contribution < -0.4 is 0 Å². The fourth-order valence-corrected chi connectivity index (χ4v) is 2.81. The first-order chi connectivity index (χ1) is 8.33. The second-order valence-electron chi connectivity index (χ2n) is 5.35. The molecule has 2 fully saturated rings. The van der Waals surface area contributed by atoms with Crippen molar-refractivity contribution in [2.24, 2.45) is 16.8 Å². The molecule has 0 aromatic rings. The molecule has 0 radical (unpaired) electrons. The Kier molecular flexibility index (Phi) is 3.43. The predicted octanol–water partition coefficient (Wildman–Crippen LogP) is 3.60. The first-order valence-electron chi connectivity index (χ1n) is 6.31. The molecule has 2 aliphatic rings. The zero-order chi connectivity index (χ0) is 13.5. The van der Waals surface area contributed by atoms with Gasteiger partial charge in [-0.3, -0.25) is 4.99 Å². The average molecular weight is 260 g/mol. The van der Waals surface area contributed by atoms with Gasteiger partial charge in [0.25, 0.3) is 0 Å². The maximum Gasteiger partial charge on any atom is 0.390 e. The normalized spacial score (nSPS) is 31.1. The Balaban J connectivity index is 2.05. The van der Waals surface area contributed by atoms with Gasteiger partial charge in [-0.25, -0.2) is 0 Å². The van der Waals surface area contributed by atoms with E-state index in [1.54, 1.807) is 6.92 Å². The molecule has 0 aromatic heterocycles. The van der Waals surface area contributed by atoms with Crippen molar-refractivity contribution in [1.29, 1.82) is 0 Å². The molecule has 2 rings (SSSR count). The van der Waals surface area contributed by atoms with Crippen molar-refractivity contribution in [1.82, 2.24) is 4.90 Å². The van der Waals surface area contributed by atoms with Gasteiger partial charge in [-0.2, -0.15) is 13.2 Å². The molecular formula is C13H19F3N2. The van der Waals surface area contributed by atoms with E-state index in [1.165, 1.54) is 6.42 Å². The summed E-state index contributed by atoms with van der Waals surface area (Å²) in [6, 6.07) is 0.286. The Labute approximate surface area is 106 Å². The quantitative estimate of drug-likeness (QED) is 0.690. The molecule has 0 heterocycles. The minimum Gasteiger partial charge on any atom is -0.370 e. The van der Waals surface area contributed by atoms with E-state index < -0.39 is 12.6 Å². The van der Waals surface area contributed by atoms with E-state index in [0.717, 1.165) is 23.7 Å². The maximum atomic E-state index is 12.4. The van der Waals surface area contributed by atoms with Gasteiger partial charge >= 0.3 is 6.18 Å². The van der Waals surface area contributed by atoms with Crippen molar-refractivity contribution in [3.05, 3.63) is 11.4 Å². The van der Waals surface area contributed by atoms with Crippen LogP contribution in [0.15, 0.2) is 16.4 Å². The van der Waals surface area contributed by atoms with Crippen LogP contribution >= 0.6 is 0 Å². The molecule has 0 saturated heterocycles. The highest BCUT2D eigenvalue weighted by molar-refractivity contribution is 5.30. The Morgan fingerprint density at radius 3 is 2.39 bits per heavy atom. The van der Waals surface area contributed by atoms with Crippen molar-refractivity contribution >= 4 is 6.72 Å². The van der Waals surface area contributed by atoms with E-state index in [-0.39, 0.29) is 12.6 Å². The molecule has 0 aromatic carbocycles. The summed E-state index contributed by atoms with van der Waals surface area (Å²) in [5.41, 5.74) is 1.56. The van der Waals surface area contributed by atoms with Gasteiger partial charge in [-0.05, 0) is 45.2 Å². The van der Waals surface area contributed by atoms with Crippen molar-refractivity contribution in [3.8, 4) is 0 Å². The van der Waals surface area contributed by atoms with Gasteiger partial charge in [-0.15, -0.1) is 0 Å². The molecule has 2 aliphatic carbocycles. The van der Waals surface area contributed by atoms with Crippen LogP contribution in [0.3, 0.4) is 0 Å². The molecular weight excluding hydrogens is 241 g/mol. The summed E-state index contributed by atoms with van der Waals surface area (Å²) < 4.78 is 37.1. The third kappa shape index (κ3) is 2.70. The van der Waals surface area contributed by atoms with Crippen molar-refractivity contribution in [3.63, 3.8) is 0 Å². The minimum atomic E-state index is -4.10. The van der Waals surface area contributed by atoms with Crippen molar-refractivity contribution in [2.75, 3.05) is 6.54 Å². The highest BCUT2D eigenvalue weighted by Gasteiger charge is 2.55. The van der Waals surface area contributed by atoms with Gasteiger partial charge < -0.3 is 4.90 Å². The smallest absolute Gasteiger partial charge is 0.370 e. The predicted molar refractivity (Wildman–Crippen MR) is 65.3 cm³/mol. The lowest BCUT2D eigenvalue weighted by Gasteiger charge is -2.40. The first-order valence-corrected chi connectivity index (χ1v) is 6.31. The number of nitrogens with zero attached hydrogens (tertiary/aromatic N) is 2. The number of aliphatic imine (C=N–C) groups is 1. The van der Waals surface area contributed by atoms with Crippen LogP contribution in [0.4, 0.5) is 13.2 Å². The fraction of sp³-hybridized carbons (Fsp3) is 0.769. The Morgan fingerprint density at radius 1 is 1.33 bits per heavy atom. The first kappa shape index (κ1) is 13.4. The number of hydrogen-bond acceptors (Lipinski definition) is 2. The number of halogens is 3. The van der Waals surface area contributed by atoms with E-state index in [9.17, 15) is 13.2 Å². The second kappa shape index (κ2) is 4.59. The largest absolute Gasteiger partial charge is 0.390 e. The van der Waals surface area contributed by atoms with Crippen molar-refractivity contribution in [2.45, 2.75) is 45.3 Å². The molecule has 0 amide bonds. The fourth-order valence-electron chi connectivity index (χ4n) is 2.81. The zero-order valence-corrected chi connectivity index (χ0v) is 10.8. The van der Waals surface area contributed by atoms with E-state index in [1.807, 2.05) is 11.8 Å². The molecule has 102 valence electrons. The Bertz CT molecular complexity index is 373. The molecule has 0 aliphatic heterocycles. The lowest BCUT2D eigenvalue weighted by Crippen LogP contribution is -2.43. The monoisotopic (exact) mass is 260 g/mol. The molecule has 2 nitrogen and oxygen atoms in total. The zero-order valence-electron chi connectivity index (χ0n) is 10.8. The van der Waals surface area contributed by atoms with E-state index in [2.05, 4.69) is 11.7 Å². The van der Waals surface area contributed by atoms with Gasteiger partial charge in [0.2, 0.25) is 0 Å². The lowest BCUT2D eigenvalue weighted by molar-refractivity contribution is -0.138. The van der Waals surface area contributed by atoms with Gasteiger partial charge in [0.1, 0.15) is 0 Å². The number of hydrogen-bond donors (Lipinski definition) is 0. The Morgan fingerprint density at radius 2 is 2.00 bits per heavy atom. The molecule has 18 heavy (non-hydrogen) atoms. The molecule has 2 saturated carbocycles. The Hall–Kier alpha value is -1.00. The summed E-state index contributed by atoms with van der Waals surface area (Å²) in [4.78, 5) is 5.73. The molecule has 0 bridgehead atoms. The minimum absolute atomic E-state index is 0.0378. The molecule has 0 N–H and O–H groups in total. The van der Waals surface area contributed by atoms with Crippen molar-refractivity contribution < 1.29 is 13.2 Å². The molecule has 3 unspecified atom stereocenters. The van der Waals surface area contributed by atoms with Crippen LogP contribution in [0.2, 0.25) is 0 Å². The second-order valence-corrected chi connectivity index (χ2v) is 5.35. The van der Waals surface area contributed by atoms with Crippen LogP contribution in [0.1, 0.15) is 33.1 Å². The number of allylic oxidation sites excluding steroid dienone is 2. The number of alkyl halides is 3. The van der Waals surface area contributed by atoms with E-state index in [4.69, 9.17) is 0 Å². The third-order valence-corrected chi connectivity index (χ3v) is 4.24. The van der Waals surface area contributed by atoms with Crippen LogP contribution in [-0.4, -0.2) is 30.4 Å². The highest BCUT2D eigenvalue weighted by Crippen LogP contribution is 2.58. The lowest BCUT2D eigenvalue weighted by atomic mass is 9.90. The number of fused-ring (bicyclic) bond motifs is 1. The summed E-state index contributed by atoms with van der Waals surface area (Å²) in [6.45, 7) is 7.13. The van der Waals surface area contributed by atoms with Gasteiger partial charge in [-0.1, -0.05) is 0 Å². The summed E-state index contributed by atoms with van der Waals surface area (Å²) in [7, 11) is 0. The van der Waals surface area contributed by atoms with Crippen LogP contribution in [0.5, 0.6) is 0 Å². The van der Waals surface area contributed by atoms with Gasteiger partial charge in [0.05, 0.1) is 12.1 Å². The van der Waals surface area contributed by atoms with Gasteiger partial charge in [0, 0.05) is 18.3 Å². The van der Waals surface area contributed by atoms with Gasteiger partial charge in [0.15, 0.2) is 0 Å². The SMILES string of the molecule is C=N/C(C)=C(/C)N(CCC(F)(F)F)C1CC2CC21. The highest BCUT2D eigenvalue weighted by atomic mass is 19.4. The van der Waals surface area contributed by atoms with E-state index in [0.29, 0.717) is 5.92 Å². The topological polar surface area (TPSA) is 15.6 Å². The average Bonchev–Trinajstić information content (AvgIpc) is 2.91. The van der Waals surface area contributed by atoms with Crippen LogP contribution in [0, 0.1) is 11.8 Å².